The molecule has 0 N–H and O–H groups in total. The Bertz CT molecular complexity index is 1310. The zero-order valence-electron chi connectivity index (χ0n) is 18.1. The maximum Gasteiger partial charge on any atom is 0.0783 e. The molecule has 2 nitrogen and oxygen atoms in total. The summed E-state index contributed by atoms with van der Waals surface area (Å²) in [4.78, 5) is 9.92. The second-order valence-electron chi connectivity index (χ2n) is 8.14. The highest BCUT2D eigenvalue weighted by Gasteiger charge is 2.08. The van der Waals surface area contributed by atoms with Crippen LogP contribution in [0.25, 0.3) is 33.3 Å². The molecule has 5 aromatic rings. The molecule has 3 aromatic carbocycles. The Balaban J connectivity index is 1.28. The maximum atomic E-state index is 5.05. The minimum Gasteiger partial charge on any atom is -0.253 e. The van der Waals surface area contributed by atoms with E-state index in [1.807, 2.05) is 6.07 Å². The van der Waals surface area contributed by atoms with E-state index in [-0.39, 0.29) is 0 Å². The fourth-order valence-electron chi connectivity index (χ4n) is 4.20. The van der Waals surface area contributed by atoms with Gasteiger partial charge in [0.25, 0.3) is 0 Å². The van der Waals surface area contributed by atoms with Crippen molar-refractivity contribution in [1.29, 1.82) is 0 Å². The first kappa shape index (κ1) is 20.1. The summed E-state index contributed by atoms with van der Waals surface area (Å²) in [5, 5.41) is 2.47. The summed E-state index contributed by atoms with van der Waals surface area (Å²) in [6.45, 7) is 0. The topological polar surface area (TPSA) is 25.8 Å². The predicted molar refractivity (Wildman–Crippen MR) is 133 cm³/mol. The highest BCUT2D eigenvalue weighted by molar-refractivity contribution is 5.94. The van der Waals surface area contributed by atoms with E-state index in [1.165, 1.54) is 21.9 Å². The molecule has 2 heterocycles. The highest BCUT2D eigenvalue weighted by Crippen LogP contribution is 2.28. The van der Waals surface area contributed by atoms with Gasteiger partial charge >= 0.3 is 0 Å². The zero-order valence-corrected chi connectivity index (χ0v) is 18.1. The van der Waals surface area contributed by atoms with Crippen LogP contribution in [0.4, 0.5) is 0 Å². The molecule has 2 heteroatoms. The first-order valence-electron chi connectivity index (χ1n) is 11.3. The Morgan fingerprint density at radius 3 is 1.94 bits per heavy atom. The molecule has 5 rings (SSSR count). The Labute approximate surface area is 189 Å². The van der Waals surface area contributed by atoms with Gasteiger partial charge in [-0.2, -0.15) is 0 Å². The Hall–Kier alpha value is -3.78. The van der Waals surface area contributed by atoms with Crippen molar-refractivity contribution in [2.24, 2.45) is 0 Å². The zero-order chi connectivity index (χ0) is 21.6. The van der Waals surface area contributed by atoms with E-state index in [4.69, 9.17) is 9.97 Å². The molecule has 0 fully saturated rings. The largest absolute Gasteiger partial charge is 0.253 e. The molecule has 0 saturated carbocycles. The molecule has 32 heavy (non-hydrogen) atoms. The van der Waals surface area contributed by atoms with Crippen LogP contribution in [0.1, 0.15) is 24.2 Å². The Morgan fingerprint density at radius 2 is 1.16 bits per heavy atom. The van der Waals surface area contributed by atoms with Crippen molar-refractivity contribution in [3.8, 4) is 22.5 Å². The number of aryl methyl sites for hydroxylation is 2. The smallest absolute Gasteiger partial charge is 0.0783 e. The number of hydrogen-bond donors (Lipinski definition) is 0. The quantitative estimate of drug-likeness (QED) is 0.257. The van der Waals surface area contributed by atoms with Gasteiger partial charge in [-0.3, -0.25) is 9.97 Å². The molecule has 0 radical (unpaired) electrons. The lowest BCUT2D eigenvalue weighted by molar-refractivity contribution is 0.714. The van der Waals surface area contributed by atoms with Crippen molar-refractivity contribution in [2.75, 3.05) is 0 Å². The van der Waals surface area contributed by atoms with Crippen molar-refractivity contribution in [3.05, 3.63) is 121 Å². The molecule has 0 aliphatic heterocycles. The van der Waals surface area contributed by atoms with Gasteiger partial charge in [-0.05, 0) is 49.3 Å². The normalized spacial score (nSPS) is 11.0. The summed E-state index contributed by atoms with van der Waals surface area (Å²) in [5.41, 5.74) is 6.79. The summed E-state index contributed by atoms with van der Waals surface area (Å²) < 4.78 is 0. The van der Waals surface area contributed by atoms with Gasteiger partial charge in [0, 0.05) is 27.9 Å². The van der Waals surface area contributed by atoms with Crippen LogP contribution in [0.2, 0.25) is 0 Å². The van der Waals surface area contributed by atoms with Gasteiger partial charge in [-0.15, -0.1) is 0 Å². The monoisotopic (exact) mass is 414 g/mol. The third-order valence-electron chi connectivity index (χ3n) is 5.83. The van der Waals surface area contributed by atoms with E-state index >= 15 is 0 Å². The van der Waals surface area contributed by atoms with E-state index in [2.05, 4.69) is 103 Å². The Morgan fingerprint density at radius 1 is 0.500 bits per heavy atom. The van der Waals surface area contributed by atoms with Crippen molar-refractivity contribution in [3.63, 3.8) is 0 Å². The number of fused-ring (bicyclic) bond motifs is 1. The van der Waals surface area contributed by atoms with Crippen molar-refractivity contribution in [2.45, 2.75) is 25.7 Å². The van der Waals surface area contributed by atoms with Gasteiger partial charge in [0.2, 0.25) is 0 Å². The summed E-state index contributed by atoms with van der Waals surface area (Å²) in [6.07, 6.45) is 4.15. The number of rotatable bonds is 7. The molecule has 0 atom stereocenters. The molecule has 0 unspecified atom stereocenters. The van der Waals surface area contributed by atoms with Crippen LogP contribution >= 0.6 is 0 Å². The standard InChI is InChI=1S/C30H26N2/c1-3-12-23(13-4-1)29-21-11-19-26(31-29)17-8-9-18-27-22-25-16-7-10-20-28(25)30(32-27)24-14-5-2-6-15-24/h1-7,10-16,19-22H,8-9,17-18H2. The van der Waals surface area contributed by atoms with Crippen LogP contribution in [0.3, 0.4) is 0 Å². The van der Waals surface area contributed by atoms with E-state index < -0.39 is 0 Å². The minimum absolute atomic E-state index is 0.975. The van der Waals surface area contributed by atoms with E-state index in [1.54, 1.807) is 0 Å². The second-order valence-corrected chi connectivity index (χ2v) is 8.14. The third-order valence-corrected chi connectivity index (χ3v) is 5.83. The minimum atomic E-state index is 0.975. The van der Waals surface area contributed by atoms with Crippen LogP contribution in [0.15, 0.2) is 109 Å². The van der Waals surface area contributed by atoms with Crippen LogP contribution in [0.5, 0.6) is 0 Å². The van der Waals surface area contributed by atoms with E-state index in [0.29, 0.717) is 0 Å². The van der Waals surface area contributed by atoms with Gasteiger partial charge in [0.15, 0.2) is 0 Å². The average molecular weight is 415 g/mol. The van der Waals surface area contributed by atoms with Crippen molar-refractivity contribution in [1.82, 2.24) is 9.97 Å². The van der Waals surface area contributed by atoms with Crippen LogP contribution in [-0.2, 0) is 12.8 Å². The summed E-state index contributed by atoms with van der Waals surface area (Å²) in [6, 6.07) is 38.0. The van der Waals surface area contributed by atoms with Gasteiger partial charge in [0.05, 0.1) is 11.4 Å². The fraction of sp³-hybridized carbons (Fsp3) is 0.133. The number of benzene rings is 3. The lowest BCUT2D eigenvalue weighted by Gasteiger charge is -2.10. The lowest BCUT2D eigenvalue weighted by atomic mass is 10.0. The molecular weight excluding hydrogens is 388 g/mol. The first-order valence-corrected chi connectivity index (χ1v) is 11.3. The van der Waals surface area contributed by atoms with Gasteiger partial charge in [0.1, 0.15) is 0 Å². The molecular formula is C30H26N2. The number of unbranched alkanes of at least 4 members (excludes halogenated alkanes) is 1. The van der Waals surface area contributed by atoms with Crippen LogP contribution in [-0.4, -0.2) is 9.97 Å². The molecule has 156 valence electrons. The SMILES string of the molecule is c1ccc(-c2cccc(CCCCc3cc4ccccc4c(-c4ccccc4)n3)n2)cc1. The number of aromatic nitrogens is 2. The average Bonchev–Trinajstić information content (AvgIpc) is 2.87. The van der Waals surface area contributed by atoms with Crippen molar-refractivity contribution >= 4 is 10.8 Å². The van der Waals surface area contributed by atoms with E-state index in [0.717, 1.165) is 48.5 Å². The highest BCUT2D eigenvalue weighted by atomic mass is 14.7. The molecule has 0 amide bonds. The molecule has 0 spiro atoms. The summed E-state index contributed by atoms with van der Waals surface area (Å²) in [5.74, 6) is 0. The Kier molecular flexibility index (Phi) is 6.02. The third kappa shape index (κ3) is 4.60. The molecule has 0 bridgehead atoms. The molecule has 0 aliphatic rings. The molecule has 0 aliphatic carbocycles. The van der Waals surface area contributed by atoms with Gasteiger partial charge in [-0.25, -0.2) is 0 Å². The summed E-state index contributed by atoms with van der Waals surface area (Å²) in [7, 11) is 0. The predicted octanol–water partition coefficient (Wildman–Crippen LogP) is 7.53. The second kappa shape index (κ2) is 9.57. The number of nitrogens with zero attached hydrogens (tertiary/aromatic N) is 2. The van der Waals surface area contributed by atoms with Crippen molar-refractivity contribution < 1.29 is 0 Å². The first-order chi connectivity index (χ1) is 15.9. The number of hydrogen-bond acceptors (Lipinski definition) is 2. The van der Waals surface area contributed by atoms with Crippen LogP contribution < -0.4 is 0 Å². The lowest BCUT2D eigenvalue weighted by Crippen LogP contribution is -1.97. The van der Waals surface area contributed by atoms with E-state index in [9.17, 15) is 0 Å². The van der Waals surface area contributed by atoms with Gasteiger partial charge in [-0.1, -0.05) is 91.0 Å². The summed E-state index contributed by atoms with van der Waals surface area (Å²) >= 11 is 0. The van der Waals surface area contributed by atoms with Gasteiger partial charge < -0.3 is 0 Å². The maximum absolute atomic E-state index is 5.05. The number of pyridine rings is 2. The van der Waals surface area contributed by atoms with Crippen LogP contribution in [0, 0.1) is 0 Å². The molecule has 2 aromatic heterocycles. The fourth-order valence-corrected chi connectivity index (χ4v) is 4.20. The molecule has 0 saturated heterocycles.